The lowest BCUT2D eigenvalue weighted by Crippen LogP contribution is -2.16. The van der Waals surface area contributed by atoms with Crippen molar-refractivity contribution in [2.75, 3.05) is 13.1 Å². The van der Waals surface area contributed by atoms with Gasteiger partial charge in [0.1, 0.15) is 0 Å². The fourth-order valence-electron chi connectivity index (χ4n) is 1.19. The van der Waals surface area contributed by atoms with E-state index in [2.05, 4.69) is 0 Å². The van der Waals surface area contributed by atoms with Crippen molar-refractivity contribution in [3.05, 3.63) is 23.4 Å². The lowest BCUT2D eigenvalue weighted by atomic mass is 10.0. The predicted octanol–water partition coefficient (Wildman–Crippen LogP) is 0.284. The molecule has 0 N–H and O–H groups in total. The summed E-state index contributed by atoms with van der Waals surface area (Å²) in [6.45, 7) is 3.46. The first kappa shape index (κ1) is 7.28. The molecule has 1 aliphatic carbocycles. The molecule has 0 aromatic heterocycles. The minimum atomic E-state index is -0.0449. The quantitative estimate of drug-likeness (QED) is 0.411. The van der Waals surface area contributed by atoms with Crippen molar-refractivity contribution >= 4 is 11.6 Å². The van der Waals surface area contributed by atoms with Crippen molar-refractivity contribution in [3.8, 4) is 0 Å². The van der Waals surface area contributed by atoms with E-state index in [1.807, 2.05) is 4.90 Å². The van der Waals surface area contributed by atoms with E-state index in [-0.39, 0.29) is 11.6 Å². The molecule has 2 rings (SSSR count). The summed E-state index contributed by atoms with van der Waals surface area (Å²) in [7, 11) is 0. The molecule has 0 unspecified atom stereocenters. The normalized spacial score (nSPS) is 22.2. The summed E-state index contributed by atoms with van der Waals surface area (Å²) >= 11 is 0. The van der Waals surface area contributed by atoms with Crippen molar-refractivity contribution in [1.29, 1.82) is 0 Å². The summed E-state index contributed by atoms with van der Waals surface area (Å²) in [5, 5.41) is 0. The first-order valence-corrected chi connectivity index (χ1v) is 3.92. The lowest BCUT2D eigenvalue weighted by molar-refractivity contribution is -0.115. The number of carbonyl (C=O) groups excluding carboxylic acids is 2. The molecule has 0 bridgehead atoms. The minimum Gasteiger partial charge on any atom is -0.365 e. The van der Waals surface area contributed by atoms with Gasteiger partial charge in [0.15, 0.2) is 5.78 Å². The molecule has 1 heterocycles. The molecule has 0 radical (unpaired) electrons. The van der Waals surface area contributed by atoms with Gasteiger partial charge in [0.2, 0.25) is 5.78 Å². The summed E-state index contributed by atoms with van der Waals surface area (Å²) in [5.74, 6) is -0.0823. The Labute approximate surface area is 70.4 Å². The smallest absolute Gasteiger partial charge is 0.202 e. The number of ketones is 2. The van der Waals surface area contributed by atoms with Gasteiger partial charge >= 0.3 is 0 Å². The number of rotatable bonds is 1. The molecule has 0 spiro atoms. The summed E-state index contributed by atoms with van der Waals surface area (Å²) in [4.78, 5) is 24.3. The second-order valence-corrected chi connectivity index (χ2v) is 3.07. The van der Waals surface area contributed by atoms with E-state index in [1.165, 1.54) is 12.2 Å². The molecular weight excluding hydrogens is 154 g/mol. The Kier molecular flexibility index (Phi) is 1.40. The maximum Gasteiger partial charge on any atom is 0.202 e. The van der Waals surface area contributed by atoms with Crippen LogP contribution in [0.5, 0.6) is 0 Å². The van der Waals surface area contributed by atoms with Crippen LogP contribution in [-0.2, 0) is 9.59 Å². The molecule has 1 fully saturated rings. The van der Waals surface area contributed by atoms with Crippen LogP contribution in [0.4, 0.5) is 0 Å². The van der Waals surface area contributed by atoms with Gasteiger partial charge in [0.25, 0.3) is 0 Å². The molecule has 0 atom stereocenters. The van der Waals surface area contributed by atoms with Crippen LogP contribution in [0.3, 0.4) is 0 Å². The monoisotopic (exact) mass is 163 g/mol. The largest absolute Gasteiger partial charge is 0.365 e. The Bertz CT molecular complexity index is 321. The lowest BCUT2D eigenvalue weighted by Gasteiger charge is -2.09. The van der Waals surface area contributed by atoms with Crippen LogP contribution in [0.25, 0.3) is 0 Å². The highest BCUT2D eigenvalue weighted by Crippen LogP contribution is 2.20. The van der Waals surface area contributed by atoms with Crippen molar-refractivity contribution in [2.45, 2.75) is 6.92 Å². The van der Waals surface area contributed by atoms with Gasteiger partial charge in [-0.2, -0.15) is 0 Å². The van der Waals surface area contributed by atoms with Gasteiger partial charge in [0.05, 0.1) is 5.70 Å². The molecule has 3 nitrogen and oxygen atoms in total. The van der Waals surface area contributed by atoms with Crippen LogP contribution in [0.1, 0.15) is 6.92 Å². The number of allylic oxidation sites excluding steroid dienone is 3. The van der Waals surface area contributed by atoms with E-state index in [1.54, 1.807) is 6.92 Å². The Hall–Kier alpha value is -1.38. The van der Waals surface area contributed by atoms with Gasteiger partial charge in [-0.1, -0.05) is 0 Å². The summed E-state index contributed by atoms with van der Waals surface area (Å²) < 4.78 is 0. The highest BCUT2D eigenvalue weighted by molar-refractivity contribution is 6.19. The van der Waals surface area contributed by atoms with Crippen molar-refractivity contribution in [1.82, 2.24) is 4.90 Å². The zero-order valence-corrected chi connectivity index (χ0v) is 6.83. The van der Waals surface area contributed by atoms with Crippen LogP contribution in [0.15, 0.2) is 23.4 Å². The standard InChI is InChI=1S/C9H9NO2/c1-6-4-9(12)7(5-8(6)11)10-2-3-10/h4-5H,2-3H2,1H3. The van der Waals surface area contributed by atoms with E-state index in [0.29, 0.717) is 11.3 Å². The third kappa shape index (κ3) is 1.07. The van der Waals surface area contributed by atoms with E-state index in [4.69, 9.17) is 0 Å². The Balaban J connectivity index is 2.31. The van der Waals surface area contributed by atoms with E-state index >= 15 is 0 Å². The molecule has 1 aliphatic heterocycles. The van der Waals surface area contributed by atoms with Gasteiger partial charge < -0.3 is 4.90 Å². The van der Waals surface area contributed by atoms with Crippen LogP contribution < -0.4 is 0 Å². The summed E-state index contributed by atoms with van der Waals surface area (Å²) in [5.41, 5.74) is 1.09. The second kappa shape index (κ2) is 2.30. The van der Waals surface area contributed by atoms with Gasteiger partial charge in [-0.15, -0.1) is 0 Å². The zero-order valence-electron chi connectivity index (χ0n) is 6.83. The van der Waals surface area contributed by atoms with Crippen molar-refractivity contribution < 1.29 is 9.59 Å². The third-order valence-corrected chi connectivity index (χ3v) is 2.04. The van der Waals surface area contributed by atoms with Gasteiger partial charge in [-0.05, 0) is 13.0 Å². The third-order valence-electron chi connectivity index (χ3n) is 2.04. The molecule has 0 saturated carbocycles. The summed E-state index contributed by atoms with van der Waals surface area (Å²) in [6, 6.07) is 0. The molecule has 3 heteroatoms. The molecule has 62 valence electrons. The maximum atomic E-state index is 11.3. The van der Waals surface area contributed by atoms with E-state index in [9.17, 15) is 9.59 Å². The number of carbonyl (C=O) groups is 2. The number of hydrogen-bond acceptors (Lipinski definition) is 3. The Morgan fingerprint density at radius 2 is 1.83 bits per heavy atom. The van der Waals surface area contributed by atoms with Crippen molar-refractivity contribution in [3.63, 3.8) is 0 Å². The van der Waals surface area contributed by atoms with E-state index in [0.717, 1.165) is 13.1 Å². The topological polar surface area (TPSA) is 37.1 Å². The number of nitrogens with zero attached hydrogens (tertiary/aromatic N) is 1. The van der Waals surface area contributed by atoms with Crippen LogP contribution in [-0.4, -0.2) is 29.6 Å². The Morgan fingerprint density at radius 3 is 2.42 bits per heavy atom. The molecule has 12 heavy (non-hydrogen) atoms. The molecule has 1 saturated heterocycles. The van der Waals surface area contributed by atoms with E-state index < -0.39 is 0 Å². The molecule has 0 aromatic carbocycles. The molecule has 0 aromatic rings. The van der Waals surface area contributed by atoms with Gasteiger partial charge in [-0.3, -0.25) is 9.59 Å². The first-order chi connectivity index (χ1) is 5.68. The molecular formula is C9H9NO2. The second-order valence-electron chi connectivity index (χ2n) is 3.07. The number of hydrogen-bond donors (Lipinski definition) is 0. The minimum absolute atomic E-state index is 0.0374. The van der Waals surface area contributed by atoms with Crippen molar-refractivity contribution in [2.24, 2.45) is 0 Å². The predicted molar refractivity (Wildman–Crippen MR) is 43.4 cm³/mol. The van der Waals surface area contributed by atoms with Gasteiger partial charge in [-0.25, -0.2) is 0 Å². The average Bonchev–Trinajstić information content (AvgIpc) is 2.79. The fourth-order valence-corrected chi connectivity index (χ4v) is 1.19. The Morgan fingerprint density at radius 1 is 1.17 bits per heavy atom. The first-order valence-electron chi connectivity index (χ1n) is 3.92. The molecule has 2 aliphatic rings. The summed E-state index contributed by atoms with van der Waals surface area (Å²) in [6.07, 6.45) is 2.85. The van der Waals surface area contributed by atoms with Crippen LogP contribution in [0.2, 0.25) is 0 Å². The van der Waals surface area contributed by atoms with Gasteiger partial charge in [0, 0.05) is 24.7 Å². The van der Waals surface area contributed by atoms with Crippen LogP contribution >= 0.6 is 0 Å². The fraction of sp³-hybridized carbons (Fsp3) is 0.333. The zero-order chi connectivity index (χ0) is 8.72. The highest BCUT2D eigenvalue weighted by Gasteiger charge is 2.28. The van der Waals surface area contributed by atoms with Crippen LogP contribution in [0, 0.1) is 0 Å². The average molecular weight is 163 g/mol. The maximum absolute atomic E-state index is 11.3. The SMILES string of the molecule is CC1=CC(=O)C(N2CC2)=CC1=O. The molecule has 0 amide bonds. The highest BCUT2D eigenvalue weighted by atomic mass is 16.1.